The molecule has 0 aromatic carbocycles. The lowest BCUT2D eigenvalue weighted by Crippen LogP contribution is -2.30. The molecule has 1 atom stereocenters. The monoisotopic (exact) mass is 871 g/mol. The predicted octanol–water partition coefficient (Wildman–Crippen LogP) is 16.5. The molecule has 0 aliphatic rings. The summed E-state index contributed by atoms with van der Waals surface area (Å²) in [7, 11) is 0. The average molecular weight is 871 g/mol. The first-order valence-electron chi connectivity index (χ1n) is 25.0. The van der Waals surface area contributed by atoms with Crippen molar-refractivity contribution in [2.75, 3.05) is 13.2 Å². The minimum atomic E-state index is -0.827. The second-order valence-corrected chi connectivity index (χ2v) is 16.0. The van der Waals surface area contributed by atoms with Crippen LogP contribution in [-0.4, -0.2) is 37.2 Å². The fourth-order valence-corrected chi connectivity index (χ4v) is 6.24. The Morgan fingerprint density at radius 1 is 0.333 bits per heavy atom. The highest BCUT2D eigenvalue weighted by molar-refractivity contribution is 5.71. The molecule has 354 valence electrons. The van der Waals surface area contributed by atoms with Gasteiger partial charge in [0.2, 0.25) is 0 Å². The highest BCUT2D eigenvalue weighted by Gasteiger charge is 2.19. The molecule has 0 amide bonds. The Hall–Kier alpha value is -4.19. The van der Waals surface area contributed by atoms with E-state index in [4.69, 9.17) is 14.2 Å². The van der Waals surface area contributed by atoms with Gasteiger partial charge in [-0.1, -0.05) is 187 Å². The number of esters is 3. The SMILES string of the molecule is CC/C=C\C/C=C\C/C=C\C/C=C\C/C=C\CCCC(=O)OC(COC(=O)CCC/C=C\CCCCCC)COC(=O)CCCCCCCC/C=C\C/C=C\C/C=C\C/C=C\CC. The summed E-state index contributed by atoms with van der Waals surface area (Å²) in [6.45, 7) is 6.27. The van der Waals surface area contributed by atoms with Crippen molar-refractivity contribution in [2.24, 2.45) is 0 Å². The molecule has 63 heavy (non-hydrogen) atoms. The number of hydrogen-bond donors (Lipinski definition) is 0. The summed E-state index contributed by atoms with van der Waals surface area (Å²) in [5.41, 5.74) is 0. The third-order valence-electron chi connectivity index (χ3n) is 9.93. The Labute approximate surface area is 386 Å². The average Bonchev–Trinajstić information content (AvgIpc) is 3.28. The normalized spacial score (nSPS) is 13.1. The van der Waals surface area contributed by atoms with Crippen molar-refractivity contribution >= 4 is 17.9 Å². The molecule has 0 aliphatic heterocycles. The van der Waals surface area contributed by atoms with E-state index in [0.29, 0.717) is 19.3 Å². The van der Waals surface area contributed by atoms with Crippen molar-refractivity contribution in [1.29, 1.82) is 0 Å². The summed E-state index contributed by atoms with van der Waals surface area (Å²) in [5.74, 6) is -1.04. The van der Waals surface area contributed by atoms with Gasteiger partial charge in [0, 0.05) is 19.3 Å². The minimum absolute atomic E-state index is 0.120. The zero-order valence-corrected chi connectivity index (χ0v) is 40.3. The van der Waals surface area contributed by atoms with E-state index in [2.05, 4.69) is 142 Å². The predicted molar refractivity (Wildman–Crippen MR) is 269 cm³/mol. The van der Waals surface area contributed by atoms with Gasteiger partial charge in [0.05, 0.1) is 0 Å². The zero-order chi connectivity index (χ0) is 45.8. The van der Waals surface area contributed by atoms with Crippen LogP contribution in [0.2, 0.25) is 0 Å². The van der Waals surface area contributed by atoms with Gasteiger partial charge in [-0.05, 0) is 116 Å². The van der Waals surface area contributed by atoms with Crippen molar-refractivity contribution in [1.82, 2.24) is 0 Å². The van der Waals surface area contributed by atoms with Crippen LogP contribution in [0.15, 0.2) is 122 Å². The van der Waals surface area contributed by atoms with Gasteiger partial charge in [-0.25, -0.2) is 0 Å². The summed E-state index contributed by atoms with van der Waals surface area (Å²) in [6.07, 6.45) is 69.1. The van der Waals surface area contributed by atoms with E-state index in [1.165, 1.54) is 38.5 Å². The number of carbonyl (C=O) groups excluding carboxylic acids is 3. The molecular formula is C57H90O6. The Morgan fingerprint density at radius 2 is 0.635 bits per heavy atom. The van der Waals surface area contributed by atoms with Gasteiger partial charge >= 0.3 is 17.9 Å². The van der Waals surface area contributed by atoms with Gasteiger partial charge < -0.3 is 14.2 Å². The van der Waals surface area contributed by atoms with Gasteiger partial charge in [0.25, 0.3) is 0 Å². The number of carbonyl (C=O) groups is 3. The molecule has 6 nitrogen and oxygen atoms in total. The van der Waals surface area contributed by atoms with Crippen LogP contribution in [0, 0.1) is 0 Å². The number of unbranched alkanes of at least 4 members (excludes halogenated alkanes) is 12. The molecule has 0 fully saturated rings. The maximum atomic E-state index is 12.7. The van der Waals surface area contributed by atoms with Crippen molar-refractivity contribution in [2.45, 2.75) is 207 Å². The van der Waals surface area contributed by atoms with Crippen LogP contribution in [0.4, 0.5) is 0 Å². The molecule has 0 aromatic heterocycles. The Morgan fingerprint density at radius 3 is 1.05 bits per heavy atom. The first-order chi connectivity index (χ1) is 31.0. The molecule has 6 heteroatoms. The standard InChI is InChI=1S/C57H90O6/c1-4-7-10-13-16-19-21-23-25-27-28-30-31-33-35-38-41-44-47-50-56(59)62-53-54(52-61-55(58)49-46-43-40-37-18-15-12-9-6-3)63-57(60)51-48-45-42-39-36-34-32-29-26-24-22-20-17-14-11-8-5-2/h7-8,10-11,16-17,19-20,23-26,28,30,32,34,37,39-40,42,54H,4-6,9,12-15,18,21-22,27,29,31,33,35-36,38,41,43-53H2,1-3H3/b10-7-,11-8-,19-16-,20-17-,25-23-,26-24-,30-28-,34-32-,40-37-,42-39-. The molecular weight excluding hydrogens is 781 g/mol. The van der Waals surface area contributed by atoms with Gasteiger partial charge in [-0.3, -0.25) is 14.4 Å². The number of rotatable bonds is 43. The van der Waals surface area contributed by atoms with Crippen LogP contribution in [0.1, 0.15) is 201 Å². The molecule has 0 aromatic rings. The first-order valence-corrected chi connectivity index (χ1v) is 25.0. The van der Waals surface area contributed by atoms with Crippen molar-refractivity contribution in [3.05, 3.63) is 122 Å². The van der Waals surface area contributed by atoms with E-state index >= 15 is 0 Å². The summed E-state index contributed by atoms with van der Waals surface area (Å²) in [4.78, 5) is 37.8. The number of hydrogen-bond acceptors (Lipinski definition) is 6. The number of ether oxygens (including phenoxy) is 3. The van der Waals surface area contributed by atoms with Crippen molar-refractivity contribution < 1.29 is 28.6 Å². The molecule has 0 saturated heterocycles. The lowest BCUT2D eigenvalue weighted by molar-refractivity contribution is -0.167. The molecule has 0 heterocycles. The van der Waals surface area contributed by atoms with Crippen LogP contribution in [0.3, 0.4) is 0 Å². The quantitative estimate of drug-likeness (QED) is 0.0263. The Balaban J connectivity index is 4.49. The lowest BCUT2D eigenvalue weighted by atomic mass is 10.1. The third-order valence-corrected chi connectivity index (χ3v) is 9.93. The van der Waals surface area contributed by atoms with Crippen LogP contribution in [0.5, 0.6) is 0 Å². The fraction of sp³-hybridized carbons (Fsp3) is 0.596. The topological polar surface area (TPSA) is 78.9 Å². The summed E-state index contributed by atoms with van der Waals surface area (Å²) >= 11 is 0. The van der Waals surface area contributed by atoms with E-state index in [9.17, 15) is 14.4 Å². The number of allylic oxidation sites excluding steroid dienone is 20. The fourth-order valence-electron chi connectivity index (χ4n) is 6.24. The second-order valence-electron chi connectivity index (χ2n) is 16.0. The molecule has 0 rings (SSSR count). The zero-order valence-electron chi connectivity index (χ0n) is 40.3. The van der Waals surface area contributed by atoms with Crippen LogP contribution in [-0.2, 0) is 28.6 Å². The second kappa shape index (κ2) is 50.5. The molecule has 0 aliphatic carbocycles. The molecule has 0 spiro atoms. The Bertz CT molecular complexity index is 1370. The van der Waals surface area contributed by atoms with Crippen LogP contribution >= 0.6 is 0 Å². The largest absolute Gasteiger partial charge is 0.462 e. The highest BCUT2D eigenvalue weighted by atomic mass is 16.6. The minimum Gasteiger partial charge on any atom is -0.462 e. The maximum absolute atomic E-state index is 12.7. The van der Waals surface area contributed by atoms with E-state index in [1.54, 1.807) is 0 Å². The van der Waals surface area contributed by atoms with Gasteiger partial charge in [0.1, 0.15) is 13.2 Å². The summed E-state index contributed by atoms with van der Waals surface area (Å²) in [6, 6.07) is 0. The summed E-state index contributed by atoms with van der Waals surface area (Å²) in [5, 5.41) is 0. The molecule has 0 radical (unpaired) electrons. The van der Waals surface area contributed by atoms with Crippen molar-refractivity contribution in [3.63, 3.8) is 0 Å². The van der Waals surface area contributed by atoms with Gasteiger partial charge in [0.15, 0.2) is 6.10 Å². The highest BCUT2D eigenvalue weighted by Crippen LogP contribution is 2.12. The molecule has 0 bridgehead atoms. The maximum Gasteiger partial charge on any atom is 0.306 e. The van der Waals surface area contributed by atoms with Crippen molar-refractivity contribution in [3.8, 4) is 0 Å². The first kappa shape index (κ1) is 58.8. The van der Waals surface area contributed by atoms with Crippen LogP contribution < -0.4 is 0 Å². The van der Waals surface area contributed by atoms with E-state index < -0.39 is 6.10 Å². The van der Waals surface area contributed by atoms with E-state index in [-0.39, 0.29) is 44.0 Å². The van der Waals surface area contributed by atoms with Gasteiger partial charge in [-0.2, -0.15) is 0 Å². The smallest absolute Gasteiger partial charge is 0.306 e. The van der Waals surface area contributed by atoms with Crippen LogP contribution in [0.25, 0.3) is 0 Å². The third kappa shape index (κ3) is 48.7. The molecule has 1 unspecified atom stereocenters. The van der Waals surface area contributed by atoms with Gasteiger partial charge in [-0.15, -0.1) is 0 Å². The summed E-state index contributed by atoms with van der Waals surface area (Å²) < 4.78 is 16.7. The molecule has 0 N–H and O–H groups in total. The van der Waals surface area contributed by atoms with E-state index in [1.807, 2.05) is 0 Å². The molecule has 0 saturated carbocycles. The Kier molecular flexibility index (Phi) is 47.1. The lowest BCUT2D eigenvalue weighted by Gasteiger charge is -2.18. The van der Waals surface area contributed by atoms with E-state index in [0.717, 1.165) is 109 Å².